The molecule has 0 saturated heterocycles. The molecule has 1 N–H and O–H groups in total. The first kappa shape index (κ1) is 14.8. The third kappa shape index (κ3) is 2.65. The smallest absolute Gasteiger partial charge is 0.275 e. The average molecular weight is 340 g/mol. The van der Waals surface area contributed by atoms with Crippen LogP contribution in [0.2, 0.25) is 0 Å². The highest BCUT2D eigenvalue weighted by Crippen LogP contribution is 2.28. The number of aromatic nitrogens is 2. The second-order valence-electron chi connectivity index (χ2n) is 5.06. The summed E-state index contributed by atoms with van der Waals surface area (Å²) in [7, 11) is 1.74. The molecule has 5 nitrogen and oxygen atoms in total. The van der Waals surface area contributed by atoms with Crippen molar-refractivity contribution in [2.45, 2.75) is 32.7 Å². The van der Waals surface area contributed by atoms with Gasteiger partial charge in [-0.15, -0.1) is 0 Å². The van der Waals surface area contributed by atoms with Gasteiger partial charge in [0.15, 0.2) is 5.69 Å². The first-order valence-corrected chi connectivity index (χ1v) is 7.27. The lowest BCUT2D eigenvalue weighted by Gasteiger charge is -2.22. The van der Waals surface area contributed by atoms with Gasteiger partial charge < -0.3 is 9.32 Å². The first-order chi connectivity index (χ1) is 9.43. The van der Waals surface area contributed by atoms with Gasteiger partial charge in [-0.2, -0.15) is 5.10 Å². The van der Waals surface area contributed by atoms with Crippen molar-refractivity contribution >= 4 is 21.8 Å². The molecular weight excluding hydrogens is 322 g/mol. The summed E-state index contributed by atoms with van der Waals surface area (Å²) >= 11 is 3.45. The average Bonchev–Trinajstić information content (AvgIpc) is 3.05. The van der Waals surface area contributed by atoms with Gasteiger partial charge in [0, 0.05) is 7.05 Å². The lowest BCUT2D eigenvalue weighted by atomic mass is 10.1. The van der Waals surface area contributed by atoms with Gasteiger partial charge >= 0.3 is 0 Å². The highest BCUT2D eigenvalue weighted by molar-refractivity contribution is 9.10. The number of carbonyl (C=O) groups excluding carboxylic acids is 1. The van der Waals surface area contributed by atoms with Gasteiger partial charge in [-0.05, 0) is 40.9 Å². The molecule has 0 aromatic carbocycles. The van der Waals surface area contributed by atoms with Crippen molar-refractivity contribution in [3.8, 4) is 0 Å². The topological polar surface area (TPSA) is 62.1 Å². The predicted octanol–water partition coefficient (Wildman–Crippen LogP) is 3.72. The molecule has 0 bridgehead atoms. The zero-order valence-electron chi connectivity index (χ0n) is 12.0. The Labute approximate surface area is 126 Å². The van der Waals surface area contributed by atoms with Crippen molar-refractivity contribution in [3.63, 3.8) is 0 Å². The number of rotatable bonds is 4. The molecule has 0 aliphatic carbocycles. The summed E-state index contributed by atoms with van der Waals surface area (Å²) in [6, 6.07) is 3.52. The van der Waals surface area contributed by atoms with Gasteiger partial charge in [0.05, 0.1) is 22.5 Å². The van der Waals surface area contributed by atoms with Gasteiger partial charge in [0.2, 0.25) is 0 Å². The normalized spacial score (nSPS) is 12.7. The summed E-state index contributed by atoms with van der Waals surface area (Å²) in [4.78, 5) is 14.1. The van der Waals surface area contributed by atoms with Gasteiger partial charge in [0.25, 0.3) is 5.91 Å². The fourth-order valence-corrected chi connectivity index (χ4v) is 2.73. The van der Waals surface area contributed by atoms with E-state index in [4.69, 9.17) is 4.42 Å². The zero-order chi connectivity index (χ0) is 14.9. The van der Waals surface area contributed by atoms with Crippen molar-refractivity contribution in [1.29, 1.82) is 0 Å². The number of hydrogen-bond acceptors (Lipinski definition) is 3. The van der Waals surface area contributed by atoms with Gasteiger partial charge in [0.1, 0.15) is 5.76 Å². The minimum absolute atomic E-state index is 0.149. The summed E-state index contributed by atoms with van der Waals surface area (Å²) in [5.41, 5.74) is 1.32. The van der Waals surface area contributed by atoms with Crippen LogP contribution in [0.15, 0.2) is 27.3 Å². The molecule has 2 rings (SSSR count). The van der Waals surface area contributed by atoms with E-state index in [1.807, 2.05) is 32.9 Å². The van der Waals surface area contributed by atoms with Crippen LogP contribution < -0.4 is 0 Å². The van der Waals surface area contributed by atoms with E-state index in [-0.39, 0.29) is 17.9 Å². The lowest BCUT2D eigenvalue weighted by Crippen LogP contribution is -2.30. The second-order valence-corrected chi connectivity index (χ2v) is 5.86. The number of aromatic amines is 1. The van der Waals surface area contributed by atoms with Crippen LogP contribution in [0.1, 0.15) is 54.7 Å². The molecule has 6 heteroatoms. The number of halogens is 1. The fraction of sp³-hybridized carbons (Fsp3) is 0.429. The molecule has 1 atom stereocenters. The molecule has 0 aliphatic rings. The summed E-state index contributed by atoms with van der Waals surface area (Å²) in [6.45, 7) is 6.00. The minimum atomic E-state index is -0.149. The van der Waals surface area contributed by atoms with Crippen LogP contribution in [0.3, 0.4) is 0 Å². The number of carbonyl (C=O) groups is 1. The zero-order valence-corrected chi connectivity index (χ0v) is 13.6. The minimum Gasteiger partial charge on any atom is -0.467 e. The van der Waals surface area contributed by atoms with Crippen LogP contribution in [0.4, 0.5) is 0 Å². The maximum atomic E-state index is 12.5. The maximum Gasteiger partial charge on any atom is 0.275 e. The van der Waals surface area contributed by atoms with Crippen LogP contribution in [0, 0.1) is 0 Å². The SMILES string of the molecule is CC(C)c1[nH]nc(C(=O)N(C)C(C)c2ccco2)c1Br. The van der Waals surface area contributed by atoms with E-state index in [9.17, 15) is 4.79 Å². The summed E-state index contributed by atoms with van der Waals surface area (Å²) in [6.07, 6.45) is 1.60. The van der Waals surface area contributed by atoms with Crippen molar-refractivity contribution in [2.75, 3.05) is 7.05 Å². The molecule has 2 heterocycles. The molecule has 108 valence electrons. The number of nitrogens with one attached hydrogen (secondary N) is 1. The Morgan fingerprint density at radius 3 is 2.65 bits per heavy atom. The number of H-pyrrole nitrogens is 1. The molecule has 2 aromatic rings. The van der Waals surface area contributed by atoms with Gasteiger partial charge in [-0.1, -0.05) is 13.8 Å². The monoisotopic (exact) mass is 339 g/mol. The molecule has 0 radical (unpaired) electrons. The van der Waals surface area contributed by atoms with E-state index in [2.05, 4.69) is 26.1 Å². The third-order valence-electron chi connectivity index (χ3n) is 3.37. The Morgan fingerprint density at radius 1 is 1.45 bits per heavy atom. The molecule has 1 amide bonds. The quantitative estimate of drug-likeness (QED) is 0.923. The first-order valence-electron chi connectivity index (χ1n) is 6.47. The van der Waals surface area contributed by atoms with Crippen molar-refractivity contribution in [2.24, 2.45) is 0 Å². The molecular formula is C14H18BrN3O2. The predicted molar refractivity (Wildman–Crippen MR) is 79.6 cm³/mol. The Kier molecular flexibility index (Phi) is 4.32. The van der Waals surface area contributed by atoms with Crippen molar-refractivity contribution in [1.82, 2.24) is 15.1 Å². The molecule has 0 spiro atoms. The maximum absolute atomic E-state index is 12.5. The standard InChI is InChI=1S/C14H18BrN3O2/c1-8(2)12-11(15)13(17-16-12)14(19)18(4)9(3)10-6-5-7-20-10/h5-9H,1-4H3,(H,16,17). The second kappa shape index (κ2) is 5.83. The van der Waals surface area contributed by atoms with E-state index < -0.39 is 0 Å². The van der Waals surface area contributed by atoms with Gasteiger partial charge in [-0.25, -0.2) is 0 Å². The van der Waals surface area contributed by atoms with E-state index in [0.717, 1.165) is 15.9 Å². The van der Waals surface area contributed by atoms with E-state index >= 15 is 0 Å². The molecule has 0 fully saturated rings. The van der Waals surface area contributed by atoms with E-state index in [0.29, 0.717) is 5.69 Å². The summed E-state index contributed by atoms with van der Waals surface area (Å²) in [5, 5.41) is 7.04. The van der Waals surface area contributed by atoms with Crippen LogP contribution >= 0.6 is 15.9 Å². The Hall–Kier alpha value is -1.56. The third-order valence-corrected chi connectivity index (χ3v) is 4.17. The Morgan fingerprint density at radius 2 is 2.15 bits per heavy atom. The number of nitrogens with zero attached hydrogens (tertiary/aromatic N) is 2. The van der Waals surface area contributed by atoms with E-state index in [1.54, 1.807) is 18.2 Å². The Balaban J connectivity index is 2.23. The van der Waals surface area contributed by atoms with Crippen molar-refractivity contribution in [3.05, 3.63) is 40.0 Å². The van der Waals surface area contributed by atoms with E-state index in [1.165, 1.54) is 0 Å². The molecule has 20 heavy (non-hydrogen) atoms. The molecule has 0 saturated carbocycles. The van der Waals surface area contributed by atoms with Crippen LogP contribution in [-0.2, 0) is 0 Å². The molecule has 1 unspecified atom stereocenters. The fourth-order valence-electron chi connectivity index (χ4n) is 1.93. The number of hydrogen-bond donors (Lipinski definition) is 1. The number of amides is 1. The highest BCUT2D eigenvalue weighted by Gasteiger charge is 2.26. The van der Waals surface area contributed by atoms with Gasteiger partial charge in [-0.3, -0.25) is 9.89 Å². The number of furan rings is 1. The summed E-state index contributed by atoms with van der Waals surface area (Å²) < 4.78 is 6.07. The largest absolute Gasteiger partial charge is 0.467 e. The highest BCUT2D eigenvalue weighted by atomic mass is 79.9. The summed E-state index contributed by atoms with van der Waals surface area (Å²) in [5.74, 6) is 0.867. The van der Waals surface area contributed by atoms with Crippen LogP contribution in [0.5, 0.6) is 0 Å². The molecule has 2 aromatic heterocycles. The van der Waals surface area contributed by atoms with Crippen LogP contribution in [-0.4, -0.2) is 28.1 Å². The van der Waals surface area contributed by atoms with Crippen LogP contribution in [0.25, 0.3) is 0 Å². The van der Waals surface area contributed by atoms with Crippen molar-refractivity contribution < 1.29 is 9.21 Å². The molecule has 0 aliphatic heterocycles. The lowest BCUT2D eigenvalue weighted by molar-refractivity contribution is 0.0719. The Bertz CT molecular complexity index is 590.